The zero-order chi connectivity index (χ0) is 14.3. The molecule has 0 heterocycles. The van der Waals surface area contributed by atoms with Gasteiger partial charge in [-0.05, 0) is 44.9 Å². The molecule has 0 aromatic heterocycles. The third-order valence-corrected chi connectivity index (χ3v) is 2.30. The van der Waals surface area contributed by atoms with Crippen LogP contribution in [-0.4, -0.2) is 18.1 Å². The van der Waals surface area contributed by atoms with Crippen LogP contribution in [0.25, 0.3) is 6.08 Å². The quantitative estimate of drug-likeness (QED) is 0.825. The second-order valence-electron chi connectivity index (χ2n) is 5.46. The van der Waals surface area contributed by atoms with Crippen molar-refractivity contribution in [2.45, 2.75) is 39.7 Å². The lowest BCUT2D eigenvalue weighted by Crippen LogP contribution is -2.22. The molecule has 1 aromatic carbocycles. The maximum Gasteiger partial charge on any atom is 0.216 e. The molecule has 104 valence electrons. The summed E-state index contributed by atoms with van der Waals surface area (Å²) < 4.78 is 5.75. The minimum Gasteiger partial charge on any atom is -0.488 e. The fourth-order valence-electron chi connectivity index (χ4n) is 1.55. The summed E-state index contributed by atoms with van der Waals surface area (Å²) in [4.78, 5) is 10.7. The molecule has 0 unspecified atom stereocenters. The van der Waals surface area contributed by atoms with Crippen molar-refractivity contribution in [3.63, 3.8) is 0 Å². The summed E-state index contributed by atoms with van der Waals surface area (Å²) in [5, 5.41) is 2.76. The SMILES string of the molecule is CC(=O)NCCC=Cc1ccc(OC(C)(C)C)cc1. The van der Waals surface area contributed by atoms with Crippen LogP contribution in [0.2, 0.25) is 0 Å². The maximum absolute atomic E-state index is 10.7. The van der Waals surface area contributed by atoms with E-state index in [1.54, 1.807) is 0 Å². The lowest BCUT2D eigenvalue weighted by molar-refractivity contribution is -0.118. The number of hydrogen-bond donors (Lipinski definition) is 1. The summed E-state index contributed by atoms with van der Waals surface area (Å²) in [7, 11) is 0. The summed E-state index contributed by atoms with van der Waals surface area (Å²) >= 11 is 0. The van der Waals surface area contributed by atoms with Gasteiger partial charge in [0.2, 0.25) is 5.91 Å². The molecular weight excluding hydrogens is 238 g/mol. The average Bonchev–Trinajstić information content (AvgIpc) is 2.28. The number of hydrogen-bond acceptors (Lipinski definition) is 2. The predicted octanol–water partition coefficient (Wildman–Crippen LogP) is 3.40. The van der Waals surface area contributed by atoms with E-state index in [2.05, 4.69) is 11.4 Å². The van der Waals surface area contributed by atoms with Crippen molar-refractivity contribution in [3.8, 4) is 5.75 Å². The summed E-state index contributed by atoms with van der Waals surface area (Å²) in [5.74, 6) is 0.889. The van der Waals surface area contributed by atoms with E-state index in [1.165, 1.54) is 6.92 Å². The molecule has 0 bridgehead atoms. The van der Waals surface area contributed by atoms with Crippen LogP contribution in [0, 0.1) is 0 Å². The van der Waals surface area contributed by atoms with E-state index < -0.39 is 0 Å². The number of carbonyl (C=O) groups is 1. The largest absolute Gasteiger partial charge is 0.488 e. The zero-order valence-electron chi connectivity index (χ0n) is 12.2. The Balaban J connectivity index is 2.43. The van der Waals surface area contributed by atoms with Gasteiger partial charge >= 0.3 is 0 Å². The van der Waals surface area contributed by atoms with Crippen LogP contribution in [0.15, 0.2) is 30.3 Å². The van der Waals surface area contributed by atoms with Gasteiger partial charge in [-0.15, -0.1) is 0 Å². The first-order valence-corrected chi connectivity index (χ1v) is 6.57. The molecule has 0 aliphatic rings. The van der Waals surface area contributed by atoms with Gasteiger partial charge in [0, 0.05) is 13.5 Å². The van der Waals surface area contributed by atoms with E-state index >= 15 is 0 Å². The van der Waals surface area contributed by atoms with Gasteiger partial charge in [-0.3, -0.25) is 4.79 Å². The molecule has 0 aliphatic carbocycles. The number of benzene rings is 1. The van der Waals surface area contributed by atoms with E-state index in [4.69, 9.17) is 4.74 Å². The molecule has 0 spiro atoms. The lowest BCUT2D eigenvalue weighted by Gasteiger charge is -2.21. The van der Waals surface area contributed by atoms with Gasteiger partial charge in [-0.1, -0.05) is 24.3 Å². The Kier molecular flexibility index (Phi) is 5.61. The van der Waals surface area contributed by atoms with Crippen molar-refractivity contribution in [1.82, 2.24) is 5.32 Å². The van der Waals surface area contributed by atoms with Crippen molar-refractivity contribution < 1.29 is 9.53 Å². The van der Waals surface area contributed by atoms with E-state index in [0.29, 0.717) is 6.54 Å². The van der Waals surface area contributed by atoms with Crippen molar-refractivity contribution in [3.05, 3.63) is 35.9 Å². The van der Waals surface area contributed by atoms with Crippen LogP contribution in [-0.2, 0) is 4.79 Å². The van der Waals surface area contributed by atoms with Crippen molar-refractivity contribution in [2.75, 3.05) is 6.54 Å². The molecule has 0 radical (unpaired) electrons. The van der Waals surface area contributed by atoms with Crippen LogP contribution >= 0.6 is 0 Å². The van der Waals surface area contributed by atoms with E-state index in [1.807, 2.05) is 51.1 Å². The highest BCUT2D eigenvalue weighted by molar-refractivity contribution is 5.72. The van der Waals surface area contributed by atoms with Gasteiger partial charge in [0.1, 0.15) is 11.4 Å². The van der Waals surface area contributed by atoms with Crippen molar-refractivity contribution in [1.29, 1.82) is 0 Å². The van der Waals surface area contributed by atoms with E-state index in [9.17, 15) is 4.79 Å². The highest BCUT2D eigenvalue weighted by Gasteiger charge is 2.10. The third kappa shape index (κ3) is 7.29. The number of ether oxygens (including phenoxy) is 1. The molecule has 1 N–H and O–H groups in total. The number of amides is 1. The number of carbonyl (C=O) groups excluding carboxylic acids is 1. The van der Waals surface area contributed by atoms with Crippen LogP contribution in [0.5, 0.6) is 5.75 Å². The molecule has 0 saturated heterocycles. The van der Waals surface area contributed by atoms with Crippen LogP contribution in [0.1, 0.15) is 39.7 Å². The molecule has 19 heavy (non-hydrogen) atoms. The topological polar surface area (TPSA) is 38.3 Å². The second kappa shape index (κ2) is 6.98. The Labute approximate surface area is 115 Å². The molecule has 0 fully saturated rings. The summed E-state index contributed by atoms with van der Waals surface area (Å²) in [6, 6.07) is 7.99. The highest BCUT2D eigenvalue weighted by Crippen LogP contribution is 2.18. The van der Waals surface area contributed by atoms with Crippen LogP contribution in [0.3, 0.4) is 0 Å². The fraction of sp³-hybridized carbons (Fsp3) is 0.438. The Morgan fingerprint density at radius 3 is 2.42 bits per heavy atom. The Bertz CT molecular complexity index is 427. The number of nitrogens with one attached hydrogen (secondary N) is 1. The highest BCUT2D eigenvalue weighted by atomic mass is 16.5. The minimum atomic E-state index is -0.171. The third-order valence-electron chi connectivity index (χ3n) is 2.30. The van der Waals surface area contributed by atoms with Gasteiger partial charge in [-0.25, -0.2) is 0 Å². The van der Waals surface area contributed by atoms with Gasteiger partial charge in [0.05, 0.1) is 0 Å². The van der Waals surface area contributed by atoms with E-state index in [0.717, 1.165) is 17.7 Å². The van der Waals surface area contributed by atoms with Gasteiger partial charge in [0.25, 0.3) is 0 Å². The zero-order valence-corrected chi connectivity index (χ0v) is 12.2. The predicted molar refractivity (Wildman–Crippen MR) is 79.2 cm³/mol. The van der Waals surface area contributed by atoms with Crippen LogP contribution in [0.4, 0.5) is 0 Å². The molecule has 3 heteroatoms. The van der Waals surface area contributed by atoms with Gasteiger partial charge in [-0.2, -0.15) is 0 Å². The molecule has 3 nitrogen and oxygen atoms in total. The first-order chi connectivity index (χ1) is 8.87. The standard InChI is InChI=1S/C16H23NO2/c1-13(18)17-12-6-5-7-14-8-10-15(11-9-14)19-16(2,3)4/h5,7-11H,6,12H2,1-4H3,(H,17,18). The first-order valence-electron chi connectivity index (χ1n) is 6.57. The van der Waals surface area contributed by atoms with Crippen LogP contribution < -0.4 is 10.1 Å². The monoisotopic (exact) mass is 261 g/mol. The second-order valence-corrected chi connectivity index (χ2v) is 5.46. The Hall–Kier alpha value is -1.77. The molecule has 1 amide bonds. The normalized spacial score (nSPS) is 11.6. The Morgan fingerprint density at radius 1 is 1.26 bits per heavy atom. The molecule has 0 saturated carbocycles. The van der Waals surface area contributed by atoms with E-state index in [-0.39, 0.29) is 11.5 Å². The van der Waals surface area contributed by atoms with Crippen molar-refractivity contribution in [2.24, 2.45) is 0 Å². The summed E-state index contributed by atoms with van der Waals surface area (Å²) in [5.41, 5.74) is 0.958. The molecule has 0 atom stereocenters. The smallest absolute Gasteiger partial charge is 0.216 e. The minimum absolute atomic E-state index is 0.0112. The molecular formula is C16H23NO2. The molecule has 0 aliphatic heterocycles. The lowest BCUT2D eigenvalue weighted by atomic mass is 10.1. The summed E-state index contributed by atoms with van der Waals surface area (Å²) in [6.45, 7) is 8.29. The molecule has 1 rings (SSSR count). The first kappa shape index (κ1) is 15.3. The fourth-order valence-corrected chi connectivity index (χ4v) is 1.55. The maximum atomic E-state index is 10.7. The van der Waals surface area contributed by atoms with Gasteiger partial charge < -0.3 is 10.1 Å². The molecule has 1 aromatic rings. The number of rotatable bonds is 5. The Morgan fingerprint density at radius 2 is 1.89 bits per heavy atom. The van der Waals surface area contributed by atoms with Gasteiger partial charge in [0.15, 0.2) is 0 Å². The summed E-state index contributed by atoms with van der Waals surface area (Å²) in [6.07, 6.45) is 4.93. The van der Waals surface area contributed by atoms with Crippen molar-refractivity contribution >= 4 is 12.0 Å². The average molecular weight is 261 g/mol.